The van der Waals surface area contributed by atoms with Crippen molar-refractivity contribution in [2.75, 3.05) is 26.3 Å². The first-order chi connectivity index (χ1) is 7.84. The van der Waals surface area contributed by atoms with Crippen LogP contribution in [0.15, 0.2) is 22.8 Å². The zero-order valence-corrected chi connectivity index (χ0v) is 8.94. The summed E-state index contributed by atoms with van der Waals surface area (Å²) in [5, 5.41) is 4.54. The average Bonchev–Trinajstić information content (AvgIpc) is 2.81. The Morgan fingerprint density at radius 1 is 1.44 bits per heavy atom. The van der Waals surface area contributed by atoms with Gasteiger partial charge in [0.15, 0.2) is 0 Å². The van der Waals surface area contributed by atoms with E-state index in [9.17, 15) is 4.79 Å². The number of morpholine rings is 1. The van der Waals surface area contributed by atoms with Crippen LogP contribution in [0.4, 0.5) is 4.79 Å². The molecule has 0 unspecified atom stereocenters. The quantitative estimate of drug-likeness (QED) is 0.777. The number of hydrogen-bond acceptors (Lipinski definition) is 4. The van der Waals surface area contributed by atoms with Gasteiger partial charge in [-0.2, -0.15) is 0 Å². The molecule has 0 aliphatic carbocycles. The highest BCUT2D eigenvalue weighted by atomic mass is 16.5. The van der Waals surface area contributed by atoms with E-state index < -0.39 is 0 Å². The van der Waals surface area contributed by atoms with Crippen molar-refractivity contribution in [1.82, 2.24) is 15.8 Å². The maximum atomic E-state index is 11.5. The topological polar surface area (TPSA) is 66.7 Å². The minimum Gasteiger partial charge on any atom is -0.467 e. The third-order valence-corrected chi connectivity index (χ3v) is 2.27. The summed E-state index contributed by atoms with van der Waals surface area (Å²) in [4.78, 5) is 11.5. The second-order valence-corrected chi connectivity index (χ2v) is 3.47. The molecule has 1 aromatic heterocycles. The number of carbonyl (C=O) groups excluding carboxylic acids is 1. The van der Waals surface area contributed by atoms with E-state index in [0.29, 0.717) is 32.8 Å². The van der Waals surface area contributed by atoms with Crippen LogP contribution in [-0.2, 0) is 11.3 Å². The van der Waals surface area contributed by atoms with E-state index in [4.69, 9.17) is 9.15 Å². The second kappa shape index (κ2) is 5.53. The fourth-order valence-corrected chi connectivity index (χ4v) is 1.44. The number of urea groups is 1. The smallest absolute Gasteiger partial charge is 0.329 e. The molecule has 0 saturated carbocycles. The van der Waals surface area contributed by atoms with Crippen LogP contribution in [0.25, 0.3) is 0 Å². The minimum atomic E-state index is -0.224. The van der Waals surface area contributed by atoms with E-state index in [1.54, 1.807) is 12.3 Å². The summed E-state index contributed by atoms with van der Waals surface area (Å²) < 4.78 is 10.3. The number of hydrazine groups is 1. The van der Waals surface area contributed by atoms with Gasteiger partial charge in [0, 0.05) is 13.1 Å². The first kappa shape index (κ1) is 11.0. The van der Waals surface area contributed by atoms with Gasteiger partial charge >= 0.3 is 6.03 Å². The standard InChI is InChI=1S/C10H15N3O3/c14-10(11-8-9-2-1-5-16-9)12-13-3-6-15-7-4-13/h1-2,5H,3-4,6-8H2,(H2,11,12,14). The zero-order chi connectivity index (χ0) is 11.2. The molecule has 1 aliphatic rings. The van der Waals surface area contributed by atoms with E-state index >= 15 is 0 Å². The van der Waals surface area contributed by atoms with Gasteiger partial charge in [-0.05, 0) is 12.1 Å². The van der Waals surface area contributed by atoms with Gasteiger partial charge in [-0.25, -0.2) is 9.80 Å². The van der Waals surface area contributed by atoms with E-state index in [0.717, 1.165) is 5.76 Å². The third kappa shape index (κ3) is 3.25. The summed E-state index contributed by atoms with van der Waals surface area (Å²) in [7, 11) is 0. The lowest BCUT2D eigenvalue weighted by Crippen LogP contribution is -2.51. The number of rotatable bonds is 3. The fraction of sp³-hybridized carbons (Fsp3) is 0.500. The second-order valence-electron chi connectivity index (χ2n) is 3.47. The molecule has 2 N–H and O–H groups in total. The van der Waals surface area contributed by atoms with Gasteiger partial charge in [0.05, 0.1) is 26.0 Å². The number of furan rings is 1. The molecule has 1 aliphatic heterocycles. The number of carbonyl (C=O) groups is 1. The highest BCUT2D eigenvalue weighted by Crippen LogP contribution is 1.98. The Kier molecular flexibility index (Phi) is 3.79. The lowest BCUT2D eigenvalue weighted by molar-refractivity contribution is 0.0194. The Bertz CT molecular complexity index is 320. The van der Waals surface area contributed by atoms with Crippen molar-refractivity contribution in [3.63, 3.8) is 0 Å². The van der Waals surface area contributed by atoms with Gasteiger partial charge in [-0.1, -0.05) is 0 Å². The summed E-state index contributed by atoms with van der Waals surface area (Å²) >= 11 is 0. The monoisotopic (exact) mass is 225 g/mol. The molecule has 6 heteroatoms. The number of amides is 2. The van der Waals surface area contributed by atoms with Gasteiger partial charge < -0.3 is 14.5 Å². The lowest BCUT2D eigenvalue weighted by Gasteiger charge is -2.26. The predicted octanol–water partition coefficient (Wildman–Crippen LogP) is 0.326. The van der Waals surface area contributed by atoms with E-state index in [1.807, 2.05) is 11.1 Å². The molecular formula is C10H15N3O3. The number of nitrogens with zero attached hydrogens (tertiary/aromatic N) is 1. The Morgan fingerprint density at radius 3 is 2.94 bits per heavy atom. The van der Waals surface area contributed by atoms with Gasteiger partial charge in [0.2, 0.25) is 0 Å². The van der Waals surface area contributed by atoms with Crippen molar-refractivity contribution >= 4 is 6.03 Å². The summed E-state index contributed by atoms with van der Waals surface area (Å²) in [5.74, 6) is 0.733. The van der Waals surface area contributed by atoms with Crippen LogP contribution in [-0.4, -0.2) is 37.3 Å². The van der Waals surface area contributed by atoms with Crippen molar-refractivity contribution in [2.24, 2.45) is 0 Å². The van der Waals surface area contributed by atoms with Crippen LogP contribution in [0.2, 0.25) is 0 Å². The fourth-order valence-electron chi connectivity index (χ4n) is 1.44. The van der Waals surface area contributed by atoms with Crippen LogP contribution >= 0.6 is 0 Å². The zero-order valence-electron chi connectivity index (χ0n) is 8.94. The first-order valence-electron chi connectivity index (χ1n) is 5.24. The molecule has 1 fully saturated rings. The maximum Gasteiger partial charge on any atom is 0.329 e. The predicted molar refractivity (Wildman–Crippen MR) is 56.5 cm³/mol. The molecule has 2 amide bonds. The average molecular weight is 225 g/mol. The number of hydrogen-bond donors (Lipinski definition) is 2. The van der Waals surface area contributed by atoms with Gasteiger partial charge in [-0.15, -0.1) is 0 Å². The summed E-state index contributed by atoms with van der Waals surface area (Å²) in [6.07, 6.45) is 1.58. The van der Waals surface area contributed by atoms with Crippen molar-refractivity contribution in [1.29, 1.82) is 0 Å². The Labute approximate surface area is 93.5 Å². The minimum absolute atomic E-state index is 0.224. The van der Waals surface area contributed by atoms with Crippen LogP contribution in [0, 0.1) is 0 Å². The molecule has 2 rings (SSSR count). The molecule has 1 aromatic rings. The molecule has 0 aromatic carbocycles. The Balaban J connectivity index is 1.67. The summed E-state index contributed by atoms with van der Waals surface area (Å²) in [5.41, 5.74) is 2.74. The van der Waals surface area contributed by atoms with E-state index in [2.05, 4.69) is 10.7 Å². The van der Waals surface area contributed by atoms with Crippen LogP contribution in [0.5, 0.6) is 0 Å². The molecule has 16 heavy (non-hydrogen) atoms. The first-order valence-corrected chi connectivity index (χ1v) is 5.24. The molecule has 1 saturated heterocycles. The van der Waals surface area contributed by atoms with Crippen LogP contribution in [0.3, 0.4) is 0 Å². The van der Waals surface area contributed by atoms with Gasteiger partial charge in [0.25, 0.3) is 0 Å². The van der Waals surface area contributed by atoms with E-state index in [-0.39, 0.29) is 6.03 Å². The molecule has 88 valence electrons. The molecule has 0 spiro atoms. The molecule has 0 bridgehead atoms. The Morgan fingerprint density at radius 2 is 2.25 bits per heavy atom. The van der Waals surface area contributed by atoms with Crippen molar-refractivity contribution in [3.05, 3.63) is 24.2 Å². The molecule has 0 atom stereocenters. The highest BCUT2D eigenvalue weighted by molar-refractivity contribution is 5.73. The maximum absolute atomic E-state index is 11.5. The normalized spacial score (nSPS) is 17.0. The van der Waals surface area contributed by atoms with Crippen molar-refractivity contribution in [3.8, 4) is 0 Å². The van der Waals surface area contributed by atoms with E-state index in [1.165, 1.54) is 0 Å². The summed E-state index contributed by atoms with van der Waals surface area (Å²) in [6.45, 7) is 3.13. The Hall–Kier alpha value is -1.53. The molecule has 6 nitrogen and oxygen atoms in total. The molecular weight excluding hydrogens is 210 g/mol. The SMILES string of the molecule is O=C(NCc1ccco1)NN1CCOCC1. The van der Waals surface area contributed by atoms with Crippen LogP contribution < -0.4 is 10.7 Å². The molecule has 0 radical (unpaired) electrons. The summed E-state index contributed by atoms with van der Waals surface area (Å²) in [6, 6.07) is 3.38. The molecule has 2 heterocycles. The number of ether oxygens (including phenoxy) is 1. The van der Waals surface area contributed by atoms with Gasteiger partial charge in [0.1, 0.15) is 5.76 Å². The highest BCUT2D eigenvalue weighted by Gasteiger charge is 2.12. The van der Waals surface area contributed by atoms with Gasteiger partial charge in [-0.3, -0.25) is 5.43 Å². The third-order valence-electron chi connectivity index (χ3n) is 2.27. The number of nitrogens with one attached hydrogen (secondary N) is 2. The lowest BCUT2D eigenvalue weighted by atomic mass is 10.4. The largest absolute Gasteiger partial charge is 0.467 e. The van der Waals surface area contributed by atoms with Crippen LogP contribution in [0.1, 0.15) is 5.76 Å². The van der Waals surface area contributed by atoms with Crippen molar-refractivity contribution in [2.45, 2.75) is 6.54 Å². The van der Waals surface area contributed by atoms with Crippen molar-refractivity contribution < 1.29 is 13.9 Å².